The summed E-state index contributed by atoms with van der Waals surface area (Å²) in [6.07, 6.45) is 2.81. The van der Waals surface area contributed by atoms with Crippen LogP contribution in [-0.2, 0) is 25.6 Å². The van der Waals surface area contributed by atoms with E-state index in [0.29, 0.717) is 30.3 Å². The minimum Gasteiger partial charge on any atom is -0.473 e. The number of carbonyl (C=O) groups excluding carboxylic acids is 2. The number of halogens is 1. The van der Waals surface area contributed by atoms with Crippen LogP contribution in [0, 0.1) is 0 Å². The fourth-order valence-electron chi connectivity index (χ4n) is 3.99. The second-order valence-electron chi connectivity index (χ2n) is 8.65. The zero-order chi connectivity index (χ0) is 27.5. The molecule has 0 saturated carbocycles. The Balaban J connectivity index is 0.000000599. The van der Waals surface area contributed by atoms with Gasteiger partial charge in [-0.3, -0.25) is 19.4 Å². The number of aliphatic carboxylic acids is 2. The summed E-state index contributed by atoms with van der Waals surface area (Å²) < 4.78 is 0. The van der Waals surface area contributed by atoms with E-state index in [-0.39, 0.29) is 11.8 Å². The maximum absolute atomic E-state index is 12.3. The Morgan fingerprint density at radius 3 is 2.05 bits per heavy atom. The number of rotatable bonds is 8. The summed E-state index contributed by atoms with van der Waals surface area (Å²) in [7, 11) is 0. The summed E-state index contributed by atoms with van der Waals surface area (Å²) in [6.45, 7) is 4.33. The molecule has 0 atom stereocenters. The third kappa shape index (κ3) is 8.87. The average molecular weight is 544 g/mol. The van der Waals surface area contributed by atoms with Crippen LogP contribution in [0.2, 0.25) is 5.02 Å². The standard InChI is InChI=1S/C24H28ClN5O2.C2H2O4/c25-20-6-2-4-8-22(20)28-24(32)17-30-13-11-29(12-14-30)16-23(31)26-10-9-18-15-27-21-7-3-1-5-19(18)21;3-1(4)2(5)6/h1-8,15,27H,9-14,16-17H2,(H,26,31)(H,28,32);(H,3,4)(H,5,6). The van der Waals surface area contributed by atoms with Crippen LogP contribution in [0.25, 0.3) is 10.9 Å². The van der Waals surface area contributed by atoms with Gasteiger partial charge in [0, 0.05) is 49.8 Å². The van der Waals surface area contributed by atoms with Crippen LogP contribution in [0.4, 0.5) is 5.69 Å². The summed E-state index contributed by atoms with van der Waals surface area (Å²) in [6, 6.07) is 15.4. The number of hydrogen-bond acceptors (Lipinski definition) is 6. The molecule has 0 aliphatic carbocycles. The van der Waals surface area contributed by atoms with E-state index >= 15 is 0 Å². The highest BCUT2D eigenvalue weighted by molar-refractivity contribution is 6.33. The molecule has 2 amide bonds. The number of para-hydroxylation sites is 2. The minimum atomic E-state index is -1.82. The summed E-state index contributed by atoms with van der Waals surface area (Å²) in [5.41, 5.74) is 2.96. The first-order valence-electron chi connectivity index (χ1n) is 12.0. The van der Waals surface area contributed by atoms with Gasteiger partial charge in [-0.1, -0.05) is 41.9 Å². The Hall–Kier alpha value is -3.93. The van der Waals surface area contributed by atoms with Crippen LogP contribution in [0.1, 0.15) is 5.56 Å². The summed E-state index contributed by atoms with van der Waals surface area (Å²) in [5.74, 6) is -3.69. The number of aromatic amines is 1. The van der Waals surface area contributed by atoms with Crippen molar-refractivity contribution in [2.75, 3.05) is 51.1 Å². The molecule has 0 spiro atoms. The lowest BCUT2D eigenvalue weighted by atomic mass is 10.1. The van der Waals surface area contributed by atoms with E-state index in [4.69, 9.17) is 31.4 Å². The van der Waals surface area contributed by atoms with Crippen molar-refractivity contribution in [2.24, 2.45) is 0 Å². The molecular formula is C26H30ClN5O6. The number of carboxylic acids is 2. The predicted octanol–water partition coefficient (Wildman–Crippen LogP) is 1.89. The van der Waals surface area contributed by atoms with E-state index in [1.54, 1.807) is 12.1 Å². The molecule has 0 unspecified atom stereocenters. The van der Waals surface area contributed by atoms with Gasteiger partial charge in [0.25, 0.3) is 0 Å². The molecule has 12 heteroatoms. The summed E-state index contributed by atoms with van der Waals surface area (Å²) in [4.78, 5) is 50.3. The maximum atomic E-state index is 12.3. The van der Waals surface area contributed by atoms with Gasteiger partial charge < -0.3 is 25.8 Å². The van der Waals surface area contributed by atoms with E-state index in [9.17, 15) is 9.59 Å². The molecule has 1 aliphatic heterocycles. The van der Waals surface area contributed by atoms with E-state index in [0.717, 1.165) is 38.1 Å². The van der Waals surface area contributed by atoms with E-state index in [1.807, 2.05) is 30.5 Å². The molecule has 5 N–H and O–H groups in total. The molecule has 1 aliphatic rings. The fourth-order valence-corrected chi connectivity index (χ4v) is 4.18. The van der Waals surface area contributed by atoms with Crippen molar-refractivity contribution in [3.8, 4) is 0 Å². The lowest BCUT2D eigenvalue weighted by molar-refractivity contribution is -0.159. The molecule has 3 aromatic rings. The molecule has 0 bridgehead atoms. The highest BCUT2D eigenvalue weighted by Gasteiger charge is 2.21. The van der Waals surface area contributed by atoms with Crippen LogP contribution in [0.15, 0.2) is 54.7 Å². The first kappa shape index (κ1) is 28.6. The van der Waals surface area contributed by atoms with Crippen molar-refractivity contribution >= 4 is 51.9 Å². The lowest BCUT2D eigenvalue weighted by Crippen LogP contribution is -2.51. The van der Waals surface area contributed by atoms with Crippen molar-refractivity contribution < 1.29 is 29.4 Å². The quantitative estimate of drug-likeness (QED) is 0.270. The van der Waals surface area contributed by atoms with Gasteiger partial charge in [-0.25, -0.2) is 9.59 Å². The van der Waals surface area contributed by atoms with Gasteiger partial charge in [0.1, 0.15) is 0 Å². The highest BCUT2D eigenvalue weighted by atomic mass is 35.5. The van der Waals surface area contributed by atoms with Gasteiger partial charge >= 0.3 is 11.9 Å². The number of hydrogen-bond donors (Lipinski definition) is 5. The summed E-state index contributed by atoms with van der Waals surface area (Å²) in [5, 5.41) is 22.4. The highest BCUT2D eigenvalue weighted by Crippen LogP contribution is 2.20. The number of fused-ring (bicyclic) bond motifs is 1. The van der Waals surface area contributed by atoms with E-state index < -0.39 is 11.9 Å². The third-order valence-corrected chi connectivity index (χ3v) is 6.25. The van der Waals surface area contributed by atoms with Crippen molar-refractivity contribution in [1.29, 1.82) is 0 Å². The van der Waals surface area contributed by atoms with Gasteiger partial charge in [0.05, 0.1) is 23.8 Å². The van der Waals surface area contributed by atoms with E-state index in [2.05, 4.69) is 37.6 Å². The lowest BCUT2D eigenvalue weighted by Gasteiger charge is -2.33. The van der Waals surface area contributed by atoms with Crippen LogP contribution in [-0.4, -0.2) is 94.6 Å². The number of aromatic nitrogens is 1. The number of nitrogens with one attached hydrogen (secondary N) is 3. The Labute approximate surface area is 224 Å². The SMILES string of the molecule is O=C(CN1CCN(CC(=O)Nc2ccccc2Cl)CC1)NCCc1c[nH]c2ccccc12.O=C(O)C(=O)O. The number of benzene rings is 2. The first-order valence-corrected chi connectivity index (χ1v) is 12.4. The first-order chi connectivity index (χ1) is 18.2. The molecule has 202 valence electrons. The third-order valence-electron chi connectivity index (χ3n) is 5.92. The normalized spacial score (nSPS) is 13.8. The van der Waals surface area contributed by atoms with Gasteiger partial charge in [0.15, 0.2) is 0 Å². The van der Waals surface area contributed by atoms with Gasteiger partial charge in [0.2, 0.25) is 11.8 Å². The van der Waals surface area contributed by atoms with Crippen LogP contribution < -0.4 is 10.6 Å². The second kappa shape index (κ2) is 14.1. The number of carboxylic acid groups (broad SMARTS) is 2. The Kier molecular flexibility index (Phi) is 10.6. The van der Waals surface area contributed by atoms with Crippen molar-refractivity contribution in [1.82, 2.24) is 20.1 Å². The zero-order valence-electron chi connectivity index (χ0n) is 20.7. The summed E-state index contributed by atoms with van der Waals surface area (Å²) >= 11 is 6.09. The topological polar surface area (TPSA) is 155 Å². The van der Waals surface area contributed by atoms with Crippen LogP contribution in [0.5, 0.6) is 0 Å². The van der Waals surface area contributed by atoms with E-state index in [1.165, 1.54) is 10.9 Å². The average Bonchev–Trinajstić information content (AvgIpc) is 3.30. The molecule has 4 rings (SSSR count). The number of nitrogens with zero attached hydrogens (tertiary/aromatic N) is 2. The number of piperazine rings is 1. The monoisotopic (exact) mass is 543 g/mol. The molecule has 2 aromatic carbocycles. The smallest absolute Gasteiger partial charge is 0.414 e. The Morgan fingerprint density at radius 1 is 0.842 bits per heavy atom. The number of amides is 2. The van der Waals surface area contributed by atoms with Crippen molar-refractivity contribution in [3.63, 3.8) is 0 Å². The number of H-pyrrole nitrogens is 1. The maximum Gasteiger partial charge on any atom is 0.414 e. The predicted molar refractivity (Wildman–Crippen MR) is 143 cm³/mol. The molecule has 1 saturated heterocycles. The second-order valence-corrected chi connectivity index (χ2v) is 9.06. The number of carbonyl (C=O) groups is 4. The van der Waals surface area contributed by atoms with Gasteiger partial charge in [-0.05, 0) is 30.2 Å². The minimum absolute atomic E-state index is 0.0368. The Morgan fingerprint density at radius 2 is 1.42 bits per heavy atom. The molecule has 2 heterocycles. The molecule has 0 radical (unpaired) electrons. The fraction of sp³-hybridized carbons (Fsp3) is 0.308. The zero-order valence-corrected chi connectivity index (χ0v) is 21.4. The number of anilines is 1. The largest absolute Gasteiger partial charge is 0.473 e. The molecule has 1 aromatic heterocycles. The Bertz CT molecular complexity index is 1260. The molecule has 38 heavy (non-hydrogen) atoms. The van der Waals surface area contributed by atoms with Crippen LogP contribution in [0.3, 0.4) is 0 Å². The van der Waals surface area contributed by atoms with Crippen LogP contribution >= 0.6 is 11.6 Å². The van der Waals surface area contributed by atoms with Gasteiger partial charge in [-0.2, -0.15) is 0 Å². The van der Waals surface area contributed by atoms with Crippen molar-refractivity contribution in [3.05, 3.63) is 65.3 Å². The van der Waals surface area contributed by atoms with Crippen molar-refractivity contribution in [2.45, 2.75) is 6.42 Å². The molecule has 11 nitrogen and oxygen atoms in total. The van der Waals surface area contributed by atoms with Gasteiger partial charge in [-0.15, -0.1) is 0 Å². The molecule has 1 fully saturated rings. The molecular weight excluding hydrogens is 514 g/mol.